The van der Waals surface area contributed by atoms with Crippen molar-refractivity contribution in [1.82, 2.24) is 4.98 Å². The molecule has 1 aromatic carbocycles. The van der Waals surface area contributed by atoms with E-state index < -0.39 is 17.1 Å². The average Bonchev–Trinajstić information content (AvgIpc) is 2.59. The van der Waals surface area contributed by atoms with Crippen LogP contribution in [0.25, 0.3) is 0 Å². The van der Waals surface area contributed by atoms with E-state index in [9.17, 15) is 10.1 Å². The standard InChI is InChI=1S/C18H26N2O5Si2/c1-15-17(9-6-10-18(15)20(21)22)14-24-27(4,5)25-26(2,3)23-13-16-8-7-11-19-12-16/h6-12H,13-14H2,1-5H3. The molecule has 7 nitrogen and oxygen atoms in total. The van der Waals surface area contributed by atoms with Crippen LogP contribution < -0.4 is 0 Å². The van der Waals surface area contributed by atoms with Crippen LogP contribution in [-0.2, 0) is 26.2 Å². The largest absolute Gasteiger partial charge is 0.415 e. The zero-order chi connectivity index (χ0) is 20.1. The van der Waals surface area contributed by atoms with Crippen LogP contribution in [-0.4, -0.2) is 27.0 Å². The molecular formula is C18H26N2O5Si2. The zero-order valence-corrected chi connectivity index (χ0v) is 18.4. The summed E-state index contributed by atoms with van der Waals surface area (Å²) < 4.78 is 18.3. The van der Waals surface area contributed by atoms with Crippen molar-refractivity contribution in [2.45, 2.75) is 46.3 Å². The predicted molar refractivity (Wildman–Crippen MR) is 108 cm³/mol. The highest BCUT2D eigenvalue weighted by atomic mass is 28.5. The van der Waals surface area contributed by atoms with E-state index in [0.29, 0.717) is 12.2 Å². The van der Waals surface area contributed by atoms with Gasteiger partial charge in [0, 0.05) is 24.0 Å². The lowest BCUT2D eigenvalue weighted by Gasteiger charge is -2.32. The number of hydrogen-bond acceptors (Lipinski definition) is 6. The van der Waals surface area contributed by atoms with Crippen molar-refractivity contribution in [2.75, 3.05) is 0 Å². The molecule has 0 N–H and O–H groups in total. The molecule has 27 heavy (non-hydrogen) atoms. The molecule has 1 heterocycles. The van der Waals surface area contributed by atoms with Crippen LogP contribution in [0, 0.1) is 17.0 Å². The Bertz CT molecular complexity index is 785. The molecule has 0 atom stereocenters. The second-order valence-corrected chi connectivity index (χ2v) is 14.2. The molecule has 146 valence electrons. The molecule has 0 bridgehead atoms. The number of pyridine rings is 1. The van der Waals surface area contributed by atoms with E-state index in [4.69, 9.17) is 13.0 Å². The van der Waals surface area contributed by atoms with E-state index in [2.05, 4.69) is 4.98 Å². The smallest absolute Gasteiger partial charge is 0.323 e. The molecule has 9 heteroatoms. The van der Waals surface area contributed by atoms with Crippen molar-refractivity contribution in [2.24, 2.45) is 0 Å². The van der Waals surface area contributed by atoms with E-state index in [-0.39, 0.29) is 17.2 Å². The normalized spacial score (nSPS) is 12.2. The van der Waals surface area contributed by atoms with Gasteiger partial charge in [-0.2, -0.15) is 0 Å². The first-order chi connectivity index (χ1) is 12.6. The Morgan fingerprint density at radius 1 is 1.04 bits per heavy atom. The third-order valence-electron chi connectivity index (χ3n) is 3.99. The molecule has 0 aliphatic rings. The Kier molecular flexibility index (Phi) is 7.01. The maximum absolute atomic E-state index is 11.1. The third-order valence-corrected chi connectivity index (χ3v) is 9.60. The van der Waals surface area contributed by atoms with Crippen molar-refractivity contribution in [1.29, 1.82) is 0 Å². The van der Waals surface area contributed by atoms with Gasteiger partial charge in [0.15, 0.2) is 0 Å². The Morgan fingerprint density at radius 2 is 1.70 bits per heavy atom. The van der Waals surface area contributed by atoms with Gasteiger partial charge in [0.1, 0.15) is 0 Å². The van der Waals surface area contributed by atoms with Crippen molar-refractivity contribution >= 4 is 22.8 Å². The fourth-order valence-corrected chi connectivity index (χ4v) is 8.89. The lowest BCUT2D eigenvalue weighted by Crippen LogP contribution is -2.48. The predicted octanol–water partition coefficient (Wildman–Crippen LogP) is 4.45. The summed E-state index contributed by atoms with van der Waals surface area (Å²) in [5.74, 6) is 0. The molecule has 2 aromatic rings. The number of nitrogens with zero attached hydrogens (tertiary/aromatic N) is 2. The van der Waals surface area contributed by atoms with Gasteiger partial charge in [0.25, 0.3) is 5.69 Å². The second kappa shape index (κ2) is 8.85. The van der Waals surface area contributed by atoms with E-state index in [1.165, 1.54) is 6.07 Å². The van der Waals surface area contributed by atoms with Gasteiger partial charge in [-0.15, -0.1) is 0 Å². The summed E-state index contributed by atoms with van der Waals surface area (Å²) >= 11 is 0. The molecule has 0 aliphatic carbocycles. The van der Waals surface area contributed by atoms with Crippen LogP contribution in [0.5, 0.6) is 0 Å². The number of rotatable bonds is 9. The molecule has 0 spiro atoms. The summed E-state index contributed by atoms with van der Waals surface area (Å²) in [5, 5.41) is 11.1. The molecule has 0 saturated carbocycles. The number of aromatic nitrogens is 1. The fraction of sp³-hybridized carbons (Fsp3) is 0.389. The Hall–Kier alpha value is -1.92. The van der Waals surface area contributed by atoms with Crippen LogP contribution in [0.3, 0.4) is 0 Å². The molecule has 0 amide bonds. The Labute approximate surface area is 162 Å². The maximum atomic E-state index is 11.1. The zero-order valence-electron chi connectivity index (χ0n) is 16.4. The van der Waals surface area contributed by atoms with Crippen molar-refractivity contribution in [3.63, 3.8) is 0 Å². The van der Waals surface area contributed by atoms with Gasteiger partial charge >= 0.3 is 17.1 Å². The van der Waals surface area contributed by atoms with Crippen LogP contribution in [0.4, 0.5) is 5.69 Å². The van der Waals surface area contributed by atoms with Gasteiger partial charge in [0.2, 0.25) is 0 Å². The highest BCUT2D eigenvalue weighted by molar-refractivity contribution is 6.78. The van der Waals surface area contributed by atoms with Crippen LogP contribution in [0.15, 0.2) is 42.7 Å². The fourth-order valence-electron chi connectivity index (χ4n) is 2.67. The number of benzene rings is 1. The van der Waals surface area contributed by atoms with Gasteiger partial charge in [-0.3, -0.25) is 15.1 Å². The van der Waals surface area contributed by atoms with Crippen LogP contribution in [0.2, 0.25) is 26.2 Å². The Balaban J connectivity index is 1.95. The van der Waals surface area contributed by atoms with E-state index in [1.807, 2.05) is 44.4 Å². The van der Waals surface area contributed by atoms with Gasteiger partial charge < -0.3 is 13.0 Å². The maximum Gasteiger partial charge on any atom is 0.323 e. The van der Waals surface area contributed by atoms with E-state index in [0.717, 1.165) is 11.1 Å². The van der Waals surface area contributed by atoms with Gasteiger partial charge in [-0.05, 0) is 50.3 Å². The summed E-state index contributed by atoms with van der Waals surface area (Å²) in [7, 11) is -4.88. The minimum absolute atomic E-state index is 0.103. The minimum Gasteiger partial charge on any atom is -0.415 e. The molecular weight excluding hydrogens is 380 g/mol. The lowest BCUT2D eigenvalue weighted by atomic mass is 10.1. The monoisotopic (exact) mass is 406 g/mol. The molecule has 0 unspecified atom stereocenters. The summed E-state index contributed by atoms with van der Waals surface area (Å²) in [5.41, 5.74) is 2.51. The molecule has 0 radical (unpaired) electrons. The summed E-state index contributed by atoms with van der Waals surface area (Å²) in [4.78, 5) is 14.8. The lowest BCUT2D eigenvalue weighted by molar-refractivity contribution is -0.385. The number of nitro groups is 1. The average molecular weight is 407 g/mol. The number of hydrogen-bond donors (Lipinski definition) is 0. The second-order valence-electron chi connectivity index (χ2n) is 7.16. The van der Waals surface area contributed by atoms with Crippen molar-refractivity contribution in [3.05, 3.63) is 69.5 Å². The van der Waals surface area contributed by atoms with Gasteiger partial charge in [0.05, 0.1) is 18.1 Å². The summed E-state index contributed by atoms with van der Waals surface area (Å²) in [6.45, 7) is 10.4. The van der Waals surface area contributed by atoms with Crippen LogP contribution >= 0.6 is 0 Å². The molecule has 0 saturated heterocycles. The summed E-state index contributed by atoms with van der Waals surface area (Å²) in [6.07, 6.45) is 3.50. The molecule has 1 aromatic heterocycles. The molecule has 2 rings (SSSR count). The first-order valence-corrected chi connectivity index (χ1v) is 14.3. The quantitative estimate of drug-likeness (QED) is 0.347. The minimum atomic E-state index is -2.48. The topological polar surface area (TPSA) is 83.7 Å². The van der Waals surface area contributed by atoms with Crippen molar-refractivity contribution < 1.29 is 17.9 Å². The molecule has 0 aliphatic heterocycles. The number of nitro benzene ring substituents is 1. The van der Waals surface area contributed by atoms with E-state index >= 15 is 0 Å². The highest BCUT2D eigenvalue weighted by Crippen LogP contribution is 2.24. The summed E-state index contributed by atoms with van der Waals surface area (Å²) in [6, 6.07) is 8.85. The molecule has 0 fully saturated rings. The van der Waals surface area contributed by atoms with E-state index in [1.54, 1.807) is 25.4 Å². The van der Waals surface area contributed by atoms with Crippen LogP contribution in [0.1, 0.15) is 16.7 Å². The third kappa shape index (κ3) is 6.63. The SMILES string of the molecule is Cc1c(CO[Si](C)(C)O[Si](C)(C)OCc2cccnc2)cccc1[N+](=O)[O-]. The Morgan fingerprint density at radius 3 is 2.30 bits per heavy atom. The van der Waals surface area contributed by atoms with Crippen molar-refractivity contribution in [3.8, 4) is 0 Å². The van der Waals surface area contributed by atoms with Gasteiger partial charge in [-0.25, -0.2) is 0 Å². The van der Waals surface area contributed by atoms with Gasteiger partial charge in [-0.1, -0.05) is 18.2 Å². The highest BCUT2D eigenvalue weighted by Gasteiger charge is 2.36. The first kappa shape index (κ1) is 21.4. The first-order valence-electron chi connectivity index (χ1n) is 8.69.